The van der Waals surface area contributed by atoms with Crippen molar-refractivity contribution in [3.8, 4) is 0 Å². The van der Waals surface area contributed by atoms with Crippen LogP contribution in [0.1, 0.15) is 13.8 Å². The second-order valence-corrected chi connectivity index (χ2v) is 1.66. The van der Waals surface area contributed by atoms with Crippen molar-refractivity contribution in [1.29, 1.82) is 0 Å². The van der Waals surface area contributed by atoms with Crippen molar-refractivity contribution in [2.24, 2.45) is 9.98 Å². The summed E-state index contributed by atoms with van der Waals surface area (Å²) in [5.41, 5.74) is 0. The number of nitrogens with zero attached hydrogens (tertiary/aromatic N) is 2. The molecular weight excluding hydrogens is 124 g/mol. The standard InChI is InChI=1S/C8H12N2/c1-4-6-7-10-8(3)9-5-2/h4-7H,2H2,1,3H3/b6-4-,9-8?,10-7?. The minimum Gasteiger partial charge on any atom is -0.242 e. The number of hydrogen-bond donors (Lipinski definition) is 0. The third-order valence-electron chi connectivity index (χ3n) is 0.818. The van der Waals surface area contributed by atoms with E-state index >= 15 is 0 Å². The maximum Gasteiger partial charge on any atom is 0.125 e. The molecule has 54 valence electrons. The second kappa shape index (κ2) is 5.95. The lowest BCUT2D eigenvalue weighted by Gasteiger charge is -1.83. The van der Waals surface area contributed by atoms with Crippen LogP contribution in [-0.4, -0.2) is 12.1 Å². The zero-order chi connectivity index (χ0) is 7.82. The van der Waals surface area contributed by atoms with Gasteiger partial charge in [0.25, 0.3) is 0 Å². The highest BCUT2D eigenvalue weighted by atomic mass is 14.9. The van der Waals surface area contributed by atoms with Crippen LogP contribution in [0.15, 0.2) is 34.9 Å². The number of amidine groups is 1. The van der Waals surface area contributed by atoms with Crippen molar-refractivity contribution in [3.63, 3.8) is 0 Å². The van der Waals surface area contributed by atoms with Gasteiger partial charge in [-0.1, -0.05) is 12.7 Å². The lowest BCUT2D eigenvalue weighted by Crippen LogP contribution is -1.82. The van der Waals surface area contributed by atoms with E-state index in [-0.39, 0.29) is 0 Å². The SMILES string of the molecule is C=CN=C(C)N=C/C=C\C. The lowest BCUT2D eigenvalue weighted by atomic mass is 10.5. The summed E-state index contributed by atoms with van der Waals surface area (Å²) in [7, 11) is 0. The Hall–Kier alpha value is -1.18. The molecule has 0 amide bonds. The number of hydrogen-bond acceptors (Lipinski definition) is 1. The van der Waals surface area contributed by atoms with Crippen molar-refractivity contribution in [2.45, 2.75) is 13.8 Å². The quantitative estimate of drug-likeness (QED) is 0.410. The van der Waals surface area contributed by atoms with Gasteiger partial charge in [0, 0.05) is 12.4 Å². The summed E-state index contributed by atoms with van der Waals surface area (Å²) in [6, 6.07) is 0. The monoisotopic (exact) mass is 136 g/mol. The Morgan fingerprint density at radius 1 is 1.50 bits per heavy atom. The van der Waals surface area contributed by atoms with Crippen LogP contribution < -0.4 is 0 Å². The fourth-order valence-electron chi connectivity index (χ4n) is 0.402. The Morgan fingerprint density at radius 2 is 2.20 bits per heavy atom. The van der Waals surface area contributed by atoms with Crippen LogP contribution in [0.5, 0.6) is 0 Å². The van der Waals surface area contributed by atoms with E-state index in [0.29, 0.717) is 5.84 Å². The fraction of sp³-hybridized carbons (Fsp3) is 0.250. The first-order valence-corrected chi connectivity index (χ1v) is 3.12. The molecule has 0 N–H and O–H groups in total. The summed E-state index contributed by atoms with van der Waals surface area (Å²) in [4.78, 5) is 7.82. The number of allylic oxidation sites excluding steroid dienone is 2. The molecular formula is C8H12N2. The van der Waals surface area contributed by atoms with Crippen LogP contribution in [0.3, 0.4) is 0 Å². The molecule has 0 saturated carbocycles. The molecule has 0 rings (SSSR count). The molecule has 0 saturated heterocycles. The first-order valence-electron chi connectivity index (χ1n) is 3.12. The van der Waals surface area contributed by atoms with E-state index in [9.17, 15) is 0 Å². The highest BCUT2D eigenvalue weighted by Crippen LogP contribution is 1.79. The van der Waals surface area contributed by atoms with Gasteiger partial charge in [-0.15, -0.1) is 0 Å². The van der Waals surface area contributed by atoms with Crippen molar-refractivity contribution in [3.05, 3.63) is 24.9 Å². The van der Waals surface area contributed by atoms with Gasteiger partial charge in [-0.3, -0.25) is 0 Å². The Kier molecular flexibility index (Phi) is 5.25. The van der Waals surface area contributed by atoms with Crippen LogP contribution in [0.2, 0.25) is 0 Å². The van der Waals surface area contributed by atoms with Crippen LogP contribution in [-0.2, 0) is 0 Å². The Bertz CT molecular complexity index is 176. The van der Waals surface area contributed by atoms with Gasteiger partial charge < -0.3 is 0 Å². The second-order valence-electron chi connectivity index (χ2n) is 1.66. The van der Waals surface area contributed by atoms with Crippen molar-refractivity contribution >= 4 is 12.1 Å². The van der Waals surface area contributed by atoms with Crippen molar-refractivity contribution < 1.29 is 0 Å². The van der Waals surface area contributed by atoms with Gasteiger partial charge >= 0.3 is 0 Å². The van der Waals surface area contributed by atoms with E-state index in [1.807, 2.05) is 26.0 Å². The van der Waals surface area contributed by atoms with Gasteiger partial charge in [-0.2, -0.15) is 0 Å². The molecule has 0 atom stereocenters. The Labute approximate surface area is 61.7 Å². The third-order valence-corrected chi connectivity index (χ3v) is 0.818. The van der Waals surface area contributed by atoms with E-state index in [2.05, 4.69) is 16.6 Å². The average molecular weight is 136 g/mol. The molecule has 2 nitrogen and oxygen atoms in total. The maximum atomic E-state index is 3.97. The van der Waals surface area contributed by atoms with Gasteiger partial charge in [-0.25, -0.2) is 9.98 Å². The van der Waals surface area contributed by atoms with Crippen LogP contribution in [0.4, 0.5) is 0 Å². The summed E-state index contributed by atoms with van der Waals surface area (Å²) in [5.74, 6) is 0.716. The first kappa shape index (κ1) is 8.82. The molecule has 0 aromatic carbocycles. The zero-order valence-corrected chi connectivity index (χ0v) is 6.41. The molecule has 0 aromatic heterocycles. The molecule has 0 aromatic rings. The topological polar surface area (TPSA) is 24.7 Å². The Balaban J connectivity index is 3.88. The van der Waals surface area contributed by atoms with Crippen LogP contribution >= 0.6 is 0 Å². The van der Waals surface area contributed by atoms with E-state index in [1.165, 1.54) is 6.20 Å². The highest BCUT2D eigenvalue weighted by Gasteiger charge is 1.75. The van der Waals surface area contributed by atoms with E-state index < -0.39 is 0 Å². The van der Waals surface area contributed by atoms with Gasteiger partial charge in [0.1, 0.15) is 5.84 Å². The molecule has 0 aliphatic carbocycles. The van der Waals surface area contributed by atoms with Gasteiger partial charge in [0.05, 0.1) is 0 Å². The van der Waals surface area contributed by atoms with Crippen molar-refractivity contribution in [2.75, 3.05) is 0 Å². The minimum absolute atomic E-state index is 0.716. The van der Waals surface area contributed by atoms with E-state index in [1.54, 1.807) is 6.21 Å². The summed E-state index contributed by atoms with van der Waals surface area (Å²) >= 11 is 0. The molecule has 0 aliphatic heterocycles. The van der Waals surface area contributed by atoms with Crippen molar-refractivity contribution in [1.82, 2.24) is 0 Å². The molecule has 0 bridgehead atoms. The largest absolute Gasteiger partial charge is 0.242 e. The lowest BCUT2D eigenvalue weighted by molar-refractivity contribution is 1.48. The molecule has 10 heavy (non-hydrogen) atoms. The van der Waals surface area contributed by atoms with E-state index in [0.717, 1.165) is 0 Å². The molecule has 0 radical (unpaired) electrons. The van der Waals surface area contributed by atoms with E-state index in [4.69, 9.17) is 0 Å². The molecule has 0 spiro atoms. The zero-order valence-electron chi connectivity index (χ0n) is 6.41. The molecule has 0 fully saturated rings. The normalized spacial score (nSPS) is 13.2. The first-order chi connectivity index (χ1) is 4.81. The predicted molar refractivity (Wildman–Crippen MR) is 46.6 cm³/mol. The summed E-state index contributed by atoms with van der Waals surface area (Å²) in [6.07, 6.45) is 6.93. The number of rotatable bonds is 2. The highest BCUT2D eigenvalue weighted by molar-refractivity contribution is 5.90. The summed E-state index contributed by atoms with van der Waals surface area (Å²) < 4.78 is 0. The molecule has 2 heteroatoms. The molecule has 0 aliphatic rings. The van der Waals surface area contributed by atoms with Crippen LogP contribution in [0, 0.1) is 0 Å². The fourth-order valence-corrected chi connectivity index (χ4v) is 0.402. The van der Waals surface area contributed by atoms with Gasteiger partial charge in [0.15, 0.2) is 0 Å². The van der Waals surface area contributed by atoms with Crippen LogP contribution in [0.25, 0.3) is 0 Å². The summed E-state index contributed by atoms with van der Waals surface area (Å²) in [6.45, 7) is 7.21. The van der Waals surface area contributed by atoms with Gasteiger partial charge in [-0.05, 0) is 19.9 Å². The minimum atomic E-state index is 0.716. The third kappa shape index (κ3) is 4.97. The molecule has 0 unspecified atom stereocenters. The maximum absolute atomic E-state index is 3.97. The Morgan fingerprint density at radius 3 is 2.70 bits per heavy atom. The number of aliphatic imine (C=N–C) groups is 2. The predicted octanol–water partition coefficient (Wildman–Crippen LogP) is 2.20. The van der Waals surface area contributed by atoms with Gasteiger partial charge in [0.2, 0.25) is 0 Å². The average Bonchev–Trinajstić information content (AvgIpc) is 1.89. The summed E-state index contributed by atoms with van der Waals surface area (Å²) in [5, 5.41) is 0. The molecule has 0 heterocycles. The smallest absolute Gasteiger partial charge is 0.125 e.